The number of aromatic nitrogens is 2. The summed E-state index contributed by atoms with van der Waals surface area (Å²) in [6.07, 6.45) is 1.52. The van der Waals surface area contributed by atoms with E-state index in [1.807, 2.05) is 27.7 Å². The highest BCUT2D eigenvalue weighted by Crippen LogP contribution is 2.20. The first kappa shape index (κ1) is 16.4. The minimum absolute atomic E-state index is 0.0813. The molecule has 0 spiro atoms. The van der Waals surface area contributed by atoms with Gasteiger partial charge in [-0.1, -0.05) is 37.3 Å². The zero-order valence-corrected chi connectivity index (χ0v) is 14.3. The van der Waals surface area contributed by atoms with E-state index in [1.165, 1.54) is 16.9 Å². The molecule has 0 bridgehead atoms. The van der Waals surface area contributed by atoms with E-state index in [0.29, 0.717) is 11.6 Å². The molecule has 2 aromatic rings. The number of benzene rings is 1. The summed E-state index contributed by atoms with van der Waals surface area (Å²) in [7, 11) is 0. The largest absolute Gasteiger partial charge is 0.373 e. The van der Waals surface area contributed by atoms with Gasteiger partial charge in [0, 0.05) is 5.69 Å². The third-order valence-electron chi connectivity index (χ3n) is 3.45. The number of hydrogen-bond donors (Lipinski definition) is 2. The molecular weight excluding hydrogens is 296 g/mol. The molecule has 0 radical (unpaired) electrons. The number of nitrogens with one attached hydrogen (secondary N) is 2. The van der Waals surface area contributed by atoms with Gasteiger partial charge in [-0.15, -0.1) is 10.2 Å². The number of amides is 1. The smallest absolute Gasteiger partial charge is 0.248 e. The summed E-state index contributed by atoms with van der Waals surface area (Å²) in [5, 5.41) is 15.7. The van der Waals surface area contributed by atoms with Crippen molar-refractivity contribution in [3.05, 3.63) is 34.3 Å². The van der Waals surface area contributed by atoms with Gasteiger partial charge in [0.15, 0.2) is 0 Å². The van der Waals surface area contributed by atoms with E-state index < -0.39 is 0 Å². The number of aryl methyl sites for hydroxylation is 3. The van der Waals surface area contributed by atoms with Gasteiger partial charge in [0.05, 0.1) is 0 Å². The molecule has 22 heavy (non-hydrogen) atoms. The van der Waals surface area contributed by atoms with Crippen LogP contribution in [-0.4, -0.2) is 22.1 Å². The quantitative estimate of drug-likeness (QED) is 0.855. The van der Waals surface area contributed by atoms with Crippen molar-refractivity contribution in [2.45, 2.75) is 46.6 Å². The van der Waals surface area contributed by atoms with Gasteiger partial charge in [-0.3, -0.25) is 10.1 Å². The fraction of sp³-hybridized carbons (Fsp3) is 0.438. The summed E-state index contributed by atoms with van der Waals surface area (Å²) in [5.41, 5.74) is 3.29. The van der Waals surface area contributed by atoms with Crippen molar-refractivity contribution in [3.63, 3.8) is 0 Å². The second-order valence-electron chi connectivity index (χ2n) is 5.27. The second kappa shape index (κ2) is 7.35. The molecule has 0 fully saturated rings. The van der Waals surface area contributed by atoms with Gasteiger partial charge in [-0.25, -0.2) is 0 Å². The second-order valence-corrected chi connectivity index (χ2v) is 6.33. The van der Waals surface area contributed by atoms with Crippen LogP contribution in [0.25, 0.3) is 0 Å². The van der Waals surface area contributed by atoms with Crippen molar-refractivity contribution in [3.8, 4) is 0 Å². The lowest BCUT2D eigenvalue weighted by molar-refractivity contribution is -0.117. The Morgan fingerprint density at radius 2 is 2.05 bits per heavy atom. The van der Waals surface area contributed by atoms with E-state index in [2.05, 4.69) is 39.0 Å². The van der Waals surface area contributed by atoms with E-state index in [0.717, 1.165) is 22.7 Å². The number of anilines is 2. The maximum absolute atomic E-state index is 12.4. The van der Waals surface area contributed by atoms with Gasteiger partial charge in [0.2, 0.25) is 11.0 Å². The molecule has 6 heteroatoms. The lowest BCUT2D eigenvalue weighted by atomic mass is 10.1. The van der Waals surface area contributed by atoms with Crippen LogP contribution >= 0.6 is 11.3 Å². The molecule has 0 aliphatic heterocycles. The van der Waals surface area contributed by atoms with Crippen LogP contribution in [0.4, 0.5) is 10.8 Å². The van der Waals surface area contributed by atoms with Gasteiger partial charge in [0.1, 0.15) is 11.0 Å². The van der Waals surface area contributed by atoms with Crippen LogP contribution in [0.3, 0.4) is 0 Å². The molecule has 1 amide bonds. The Hall–Kier alpha value is -1.95. The first-order valence-electron chi connectivity index (χ1n) is 7.50. The molecule has 0 aliphatic carbocycles. The Bertz CT molecular complexity index is 653. The number of hydrogen-bond acceptors (Lipinski definition) is 5. The van der Waals surface area contributed by atoms with Gasteiger partial charge in [-0.2, -0.15) is 0 Å². The van der Waals surface area contributed by atoms with E-state index in [4.69, 9.17) is 0 Å². The summed E-state index contributed by atoms with van der Waals surface area (Å²) in [6, 6.07) is 5.88. The molecule has 0 saturated heterocycles. The highest BCUT2D eigenvalue weighted by Gasteiger charge is 2.18. The normalized spacial score (nSPS) is 12.0. The molecule has 0 saturated carbocycles. The molecule has 2 rings (SSSR count). The van der Waals surface area contributed by atoms with Crippen LogP contribution in [0.2, 0.25) is 0 Å². The van der Waals surface area contributed by atoms with Crippen LogP contribution in [0.1, 0.15) is 36.4 Å². The van der Waals surface area contributed by atoms with Crippen molar-refractivity contribution in [2.24, 2.45) is 0 Å². The Balaban J connectivity index is 2.07. The van der Waals surface area contributed by atoms with E-state index in [-0.39, 0.29) is 11.9 Å². The molecule has 2 N–H and O–H groups in total. The standard InChI is InChI=1S/C16H22N4OS/c1-5-12(17-13-9-10(3)7-8-11(13)4)15(21)18-16-20-19-14(6-2)22-16/h7-9,12,17H,5-6H2,1-4H3,(H,18,20,21)/t12-/m1/s1. The first-order chi connectivity index (χ1) is 10.5. The SMILES string of the molecule is CCc1nnc(NC(=O)[C@@H](CC)Nc2cc(C)ccc2C)s1. The van der Waals surface area contributed by atoms with Crippen molar-refractivity contribution in [1.82, 2.24) is 10.2 Å². The predicted octanol–water partition coefficient (Wildman–Crippen LogP) is 3.55. The molecule has 118 valence electrons. The third-order valence-corrected chi connectivity index (χ3v) is 4.43. The van der Waals surface area contributed by atoms with E-state index in [1.54, 1.807) is 0 Å². The van der Waals surface area contributed by atoms with Crippen molar-refractivity contribution >= 4 is 28.1 Å². The van der Waals surface area contributed by atoms with Crippen LogP contribution in [0.5, 0.6) is 0 Å². The van der Waals surface area contributed by atoms with Crippen LogP contribution in [-0.2, 0) is 11.2 Å². The minimum Gasteiger partial charge on any atom is -0.373 e. The molecule has 1 heterocycles. The molecule has 0 aliphatic rings. The molecule has 1 aromatic heterocycles. The van der Waals surface area contributed by atoms with E-state index in [9.17, 15) is 4.79 Å². The van der Waals surface area contributed by atoms with Crippen LogP contribution in [0, 0.1) is 13.8 Å². The lowest BCUT2D eigenvalue weighted by Gasteiger charge is -2.19. The minimum atomic E-state index is -0.297. The molecule has 0 unspecified atom stereocenters. The Kier molecular flexibility index (Phi) is 5.49. The summed E-state index contributed by atoms with van der Waals surface area (Å²) < 4.78 is 0. The van der Waals surface area contributed by atoms with Gasteiger partial charge in [0.25, 0.3) is 0 Å². The first-order valence-corrected chi connectivity index (χ1v) is 8.32. The highest BCUT2D eigenvalue weighted by atomic mass is 32.1. The summed E-state index contributed by atoms with van der Waals surface area (Å²) in [5.74, 6) is -0.0813. The molecule has 5 nitrogen and oxygen atoms in total. The topological polar surface area (TPSA) is 66.9 Å². The Labute approximate surface area is 135 Å². The third kappa shape index (κ3) is 4.04. The highest BCUT2D eigenvalue weighted by molar-refractivity contribution is 7.15. The number of carbonyl (C=O) groups excluding carboxylic acids is 1. The van der Waals surface area contributed by atoms with Crippen molar-refractivity contribution < 1.29 is 4.79 Å². The average Bonchev–Trinajstić information content (AvgIpc) is 2.95. The average molecular weight is 318 g/mol. The zero-order chi connectivity index (χ0) is 16.1. The molecule has 1 aromatic carbocycles. The van der Waals surface area contributed by atoms with Gasteiger partial charge >= 0.3 is 0 Å². The van der Waals surface area contributed by atoms with Crippen molar-refractivity contribution in [1.29, 1.82) is 0 Å². The maximum Gasteiger partial charge on any atom is 0.248 e. The lowest BCUT2D eigenvalue weighted by Crippen LogP contribution is -2.34. The van der Waals surface area contributed by atoms with E-state index >= 15 is 0 Å². The van der Waals surface area contributed by atoms with Crippen LogP contribution < -0.4 is 10.6 Å². The fourth-order valence-corrected chi connectivity index (χ4v) is 2.75. The van der Waals surface area contributed by atoms with Gasteiger partial charge in [-0.05, 0) is 43.9 Å². The summed E-state index contributed by atoms with van der Waals surface area (Å²) in [6.45, 7) is 8.08. The maximum atomic E-state index is 12.4. The summed E-state index contributed by atoms with van der Waals surface area (Å²) in [4.78, 5) is 12.4. The Morgan fingerprint density at radius 3 is 2.68 bits per heavy atom. The van der Waals surface area contributed by atoms with Crippen LogP contribution in [0.15, 0.2) is 18.2 Å². The summed E-state index contributed by atoms with van der Waals surface area (Å²) >= 11 is 1.42. The van der Waals surface area contributed by atoms with Gasteiger partial charge < -0.3 is 5.32 Å². The Morgan fingerprint density at radius 1 is 1.27 bits per heavy atom. The fourth-order valence-electron chi connectivity index (χ4n) is 2.07. The number of carbonyl (C=O) groups is 1. The molecular formula is C16H22N4OS. The predicted molar refractivity (Wildman–Crippen MR) is 91.5 cm³/mol. The number of rotatable bonds is 6. The zero-order valence-electron chi connectivity index (χ0n) is 13.4. The monoisotopic (exact) mass is 318 g/mol. The van der Waals surface area contributed by atoms with Crippen molar-refractivity contribution in [2.75, 3.05) is 10.6 Å². The molecule has 1 atom stereocenters. The number of nitrogens with zero attached hydrogens (tertiary/aromatic N) is 2.